The van der Waals surface area contributed by atoms with Crippen LogP contribution in [0.25, 0.3) is 56.4 Å². The van der Waals surface area contributed by atoms with Gasteiger partial charge in [0.1, 0.15) is 0 Å². The van der Waals surface area contributed by atoms with Crippen LogP contribution in [0.15, 0.2) is 212 Å². The number of aromatic nitrogens is 3. The van der Waals surface area contributed by atoms with Crippen LogP contribution in [0.5, 0.6) is 0 Å². The Labute approximate surface area is 382 Å². The molecule has 0 N–H and O–H groups in total. The predicted octanol–water partition coefficient (Wildman–Crippen LogP) is 14.6. The van der Waals surface area contributed by atoms with Crippen molar-refractivity contribution < 1.29 is 0 Å². The molecule has 0 amide bonds. The molecular formula is C62H49N3. The maximum absolute atomic E-state index is 5.46. The Balaban J connectivity index is 1.08. The van der Waals surface area contributed by atoms with Crippen molar-refractivity contribution in [3.05, 3.63) is 246 Å². The van der Waals surface area contributed by atoms with Crippen molar-refractivity contribution in [2.45, 2.75) is 42.9 Å². The summed E-state index contributed by atoms with van der Waals surface area (Å²) < 4.78 is 0. The molecule has 9 aromatic rings. The molecule has 1 spiro atoms. The molecule has 3 heteroatoms. The van der Waals surface area contributed by atoms with Crippen LogP contribution < -0.4 is 0 Å². The SMILES string of the molecule is c1ccc(-c2cccc(-c3nc(-c4cccc(-c5ccccc5)c4)nc(-c4ccc5c(c4)C(c4ccccc4)(c4ccccc4)c4ccccc4C54C5CC6CC(C5)CC4C6)n3)c2)cc1. The molecule has 1 aromatic heterocycles. The summed E-state index contributed by atoms with van der Waals surface area (Å²) in [7, 11) is 0. The molecule has 0 saturated heterocycles. The number of hydrogen-bond acceptors (Lipinski definition) is 3. The first-order valence-corrected chi connectivity index (χ1v) is 23.6. The van der Waals surface area contributed by atoms with Crippen LogP contribution >= 0.6 is 0 Å². The smallest absolute Gasteiger partial charge is 0.164 e. The van der Waals surface area contributed by atoms with Gasteiger partial charge in [-0.3, -0.25) is 0 Å². The van der Waals surface area contributed by atoms with Crippen molar-refractivity contribution in [2.24, 2.45) is 23.7 Å². The zero-order valence-electron chi connectivity index (χ0n) is 36.4. The lowest BCUT2D eigenvalue weighted by Crippen LogP contribution is -2.59. The third-order valence-corrected chi connectivity index (χ3v) is 15.8. The molecule has 0 aliphatic heterocycles. The summed E-state index contributed by atoms with van der Waals surface area (Å²) in [6.07, 6.45) is 6.68. The summed E-state index contributed by atoms with van der Waals surface area (Å²) in [6.45, 7) is 0. The first-order valence-electron chi connectivity index (χ1n) is 23.6. The molecule has 4 saturated carbocycles. The minimum atomic E-state index is -0.572. The van der Waals surface area contributed by atoms with E-state index in [9.17, 15) is 0 Å². The molecule has 5 aliphatic rings. The highest BCUT2D eigenvalue weighted by Crippen LogP contribution is 2.70. The van der Waals surface area contributed by atoms with Gasteiger partial charge >= 0.3 is 0 Å². The van der Waals surface area contributed by atoms with Crippen molar-refractivity contribution >= 4 is 0 Å². The molecule has 4 fully saturated rings. The Kier molecular flexibility index (Phi) is 8.95. The van der Waals surface area contributed by atoms with Gasteiger partial charge in [-0.25, -0.2) is 15.0 Å². The molecule has 0 atom stereocenters. The van der Waals surface area contributed by atoms with Crippen LogP contribution in [0.1, 0.15) is 65.5 Å². The van der Waals surface area contributed by atoms with E-state index in [0.717, 1.165) is 50.8 Å². The minimum Gasteiger partial charge on any atom is -0.208 e. The van der Waals surface area contributed by atoms with E-state index in [-0.39, 0.29) is 5.41 Å². The van der Waals surface area contributed by atoms with Gasteiger partial charge in [0.05, 0.1) is 5.41 Å². The van der Waals surface area contributed by atoms with Gasteiger partial charge in [-0.15, -0.1) is 0 Å². The van der Waals surface area contributed by atoms with Gasteiger partial charge in [0.25, 0.3) is 0 Å². The minimum absolute atomic E-state index is 0.0594. The van der Waals surface area contributed by atoms with Gasteiger partial charge < -0.3 is 0 Å². The fraction of sp³-hybridized carbons (Fsp3) is 0.177. The molecule has 5 aliphatic carbocycles. The Morgan fingerprint density at radius 2 is 0.677 bits per heavy atom. The average Bonchev–Trinajstić information content (AvgIpc) is 3.38. The van der Waals surface area contributed by atoms with E-state index in [2.05, 4.69) is 212 Å². The normalized spacial score (nSPS) is 22.0. The first kappa shape index (κ1) is 38.2. The Morgan fingerprint density at radius 3 is 1.17 bits per heavy atom. The summed E-state index contributed by atoms with van der Waals surface area (Å²) in [5.41, 5.74) is 15.2. The van der Waals surface area contributed by atoms with Gasteiger partial charge in [-0.05, 0) is 130 Å². The van der Waals surface area contributed by atoms with Crippen molar-refractivity contribution in [2.75, 3.05) is 0 Å². The van der Waals surface area contributed by atoms with Gasteiger partial charge in [0.15, 0.2) is 17.5 Å². The second-order valence-corrected chi connectivity index (χ2v) is 19.2. The summed E-state index contributed by atoms with van der Waals surface area (Å²) in [5, 5.41) is 0. The highest BCUT2D eigenvalue weighted by Gasteiger charge is 2.63. The lowest BCUT2D eigenvalue weighted by molar-refractivity contribution is -0.0440. The third-order valence-electron chi connectivity index (χ3n) is 15.8. The van der Waals surface area contributed by atoms with Gasteiger partial charge in [-0.2, -0.15) is 0 Å². The number of hydrogen-bond donors (Lipinski definition) is 0. The summed E-state index contributed by atoms with van der Waals surface area (Å²) in [6, 6.07) is 78.0. The summed E-state index contributed by atoms with van der Waals surface area (Å²) in [4.78, 5) is 16.2. The van der Waals surface area contributed by atoms with Crippen LogP contribution in [0.2, 0.25) is 0 Å². The van der Waals surface area contributed by atoms with Crippen LogP contribution in [0, 0.1) is 23.7 Å². The van der Waals surface area contributed by atoms with E-state index in [4.69, 9.17) is 15.0 Å². The second kappa shape index (κ2) is 15.2. The first-order chi connectivity index (χ1) is 32.2. The van der Waals surface area contributed by atoms with Gasteiger partial charge in [0, 0.05) is 22.1 Å². The molecule has 0 unspecified atom stereocenters. The molecule has 312 valence electrons. The quantitative estimate of drug-likeness (QED) is 0.161. The molecule has 3 nitrogen and oxygen atoms in total. The Morgan fingerprint density at radius 1 is 0.292 bits per heavy atom. The summed E-state index contributed by atoms with van der Waals surface area (Å²) in [5.74, 6) is 4.90. The van der Waals surface area contributed by atoms with E-state index < -0.39 is 5.41 Å². The Hall–Kier alpha value is -7.23. The van der Waals surface area contributed by atoms with E-state index in [1.54, 1.807) is 5.56 Å². The highest BCUT2D eigenvalue weighted by atomic mass is 15.0. The molecule has 14 rings (SSSR count). The van der Waals surface area contributed by atoms with Crippen molar-refractivity contribution in [3.63, 3.8) is 0 Å². The van der Waals surface area contributed by atoms with Crippen LogP contribution in [-0.2, 0) is 10.8 Å². The summed E-state index contributed by atoms with van der Waals surface area (Å²) >= 11 is 0. The van der Waals surface area contributed by atoms with E-state index in [1.165, 1.54) is 59.9 Å². The number of rotatable bonds is 7. The van der Waals surface area contributed by atoms with Crippen molar-refractivity contribution in [1.29, 1.82) is 0 Å². The molecule has 4 bridgehead atoms. The molecule has 0 radical (unpaired) electrons. The zero-order valence-corrected chi connectivity index (χ0v) is 36.4. The van der Waals surface area contributed by atoms with Crippen LogP contribution in [0.4, 0.5) is 0 Å². The molecule has 65 heavy (non-hydrogen) atoms. The largest absolute Gasteiger partial charge is 0.208 e. The third kappa shape index (κ3) is 5.98. The van der Waals surface area contributed by atoms with Crippen molar-refractivity contribution in [3.8, 4) is 56.4 Å². The predicted molar refractivity (Wildman–Crippen MR) is 263 cm³/mol. The average molecular weight is 836 g/mol. The maximum Gasteiger partial charge on any atom is 0.164 e. The molecule has 8 aromatic carbocycles. The lowest BCUT2D eigenvalue weighted by Gasteiger charge is -2.65. The number of benzene rings is 8. The van der Waals surface area contributed by atoms with E-state index >= 15 is 0 Å². The van der Waals surface area contributed by atoms with E-state index in [0.29, 0.717) is 29.3 Å². The van der Waals surface area contributed by atoms with Crippen molar-refractivity contribution in [1.82, 2.24) is 15.0 Å². The second-order valence-electron chi connectivity index (χ2n) is 19.2. The maximum atomic E-state index is 5.46. The van der Waals surface area contributed by atoms with E-state index in [1.807, 2.05) is 0 Å². The standard InChI is InChI=1S/C62H49N3/c1-5-17-43(18-6-1)45-21-15-23-47(38-45)58-63-59(48-24-16-22-46(39-48)44-19-7-2-8-20-44)65-60(64-58)49-31-32-56-57(40-49)61(50-25-9-3-10-26-50,51-27-11-4-12-28-51)54-29-13-14-30-55(54)62(56)52-34-41-33-42(36-52)37-53(62)35-41/h1-32,38-42,52-53H,33-37H2. The van der Waals surface area contributed by atoms with Crippen LogP contribution in [-0.4, -0.2) is 15.0 Å². The number of fused-ring (bicyclic) bond motifs is 2. The van der Waals surface area contributed by atoms with Gasteiger partial charge in [0.2, 0.25) is 0 Å². The number of nitrogens with zero attached hydrogens (tertiary/aromatic N) is 3. The van der Waals surface area contributed by atoms with Crippen LogP contribution in [0.3, 0.4) is 0 Å². The Bertz CT molecular complexity index is 3040. The fourth-order valence-electron chi connectivity index (χ4n) is 13.5. The molecule has 1 heterocycles. The lowest BCUT2D eigenvalue weighted by atomic mass is 9.38. The topological polar surface area (TPSA) is 38.7 Å². The monoisotopic (exact) mass is 835 g/mol. The zero-order chi connectivity index (χ0) is 43.0. The highest BCUT2D eigenvalue weighted by molar-refractivity contribution is 5.77. The fourth-order valence-corrected chi connectivity index (χ4v) is 13.5. The molecular weight excluding hydrogens is 787 g/mol. The van der Waals surface area contributed by atoms with Gasteiger partial charge in [-0.1, -0.05) is 194 Å².